The standard InChI is InChI=1S/C20H28N4O/c1-6-10-21-18-12-22-17(11-23-18)20(25)24-19-15(13(2)3)8-7-9-16(19)14(4)5/h7-9,11-14H,6,10H2,1-5H3,(H,21,23)(H,24,25). The predicted octanol–water partition coefficient (Wildman–Crippen LogP) is 4.80. The van der Waals surface area contributed by atoms with Crippen LogP contribution in [0, 0.1) is 0 Å². The molecule has 2 aromatic rings. The fraction of sp³-hybridized carbons (Fsp3) is 0.450. The summed E-state index contributed by atoms with van der Waals surface area (Å²) in [6.45, 7) is 11.4. The molecular formula is C20H28N4O. The minimum atomic E-state index is -0.232. The second-order valence-corrected chi connectivity index (χ2v) is 6.79. The smallest absolute Gasteiger partial charge is 0.275 e. The number of carbonyl (C=O) groups excluding carboxylic acids is 1. The second-order valence-electron chi connectivity index (χ2n) is 6.79. The first kappa shape index (κ1) is 18.9. The Balaban J connectivity index is 2.25. The van der Waals surface area contributed by atoms with E-state index in [9.17, 15) is 4.79 Å². The molecule has 134 valence electrons. The molecule has 1 aromatic carbocycles. The number of aromatic nitrogens is 2. The molecule has 25 heavy (non-hydrogen) atoms. The van der Waals surface area contributed by atoms with Crippen LogP contribution in [0.5, 0.6) is 0 Å². The third kappa shape index (κ3) is 4.78. The first-order valence-electron chi connectivity index (χ1n) is 8.94. The average Bonchev–Trinajstić information content (AvgIpc) is 2.60. The lowest BCUT2D eigenvalue weighted by atomic mass is 9.92. The summed E-state index contributed by atoms with van der Waals surface area (Å²) in [5.41, 5.74) is 3.48. The predicted molar refractivity (Wildman–Crippen MR) is 103 cm³/mol. The number of hydrogen-bond acceptors (Lipinski definition) is 4. The molecule has 0 atom stereocenters. The van der Waals surface area contributed by atoms with E-state index in [0.717, 1.165) is 29.8 Å². The van der Waals surface area contributed by atoms with Crippen LogP contribution in [0.2, 0.25) is 0 Å². The number of nitrogens with zero attached hydrogens (tertiary/aromatic N) is 2. The first-order valence-corrected chi connectivity index (χ1v) is 8.94. The van der Waals surface area contributed by atoms with Crippen molar-refractivity contribution in [1.82, 2.24) is 9.97 Å². The molecule has 0 aliphatic heterocycles. The summed E-state index contributed by atoms with van der Waals surface area (Å²) in [6, 6.07) is 6.18. The first-order chi connectivity index (χ1) is 11.9. The monoisotopic (exact) mass is 340 g/mol. The Hall–Kier alpha value is -2.43. The Bertz CT molecular complexity index is 682. The van der Waals surface area contributed by atoms with Crippen LogP contribution < -0.4 is 10.6 Å². The van der Waals surface area contributed by atoms with Crippen LogP contribution >= 0.6 is 0 Å². The van der Waals surface area contributed by atoms with Crippen molar-refractivity contribution >= 4 is 17.4 Å². The molecule has 2 rings (SSSR count). The minimum absolute atomic E-state index is 0.232. The van der Waals surface area contributed by atoms with E-state index >= 15 is 0 Å². The summed E-state index contributed by atoms with van der Waals surface area (Å²) in [4.78, 5) is 21.2. The number of para-hydroxylation sites is 1. The van der Waals surface area contributed by atoms with Gasteiger partial charge < -0.3 is 10.6 Å². The summed E-state index contributed by atoms with van der Waals surface area (Å²) < 4.78 is 0. The third-order valence-corrected chi connectivity index (χ3v) is 4.05. The maximum atomic E-state index is 12.7. The van der Waals surface area contributed by atoms with Gasteiger partial charge in [0.05, 0.1) is 12.4 Å². The molecule has 0 unspecified atom stereocenters. The lowest BCUT2D eigenvalue weighted by Crippen LogP contribution is -2.17. The highest BCUT2D eigenvalue weighted by atomic mass is 16.1. The van der Waals surface area contributed by atoms with E-state index in [1.807, 2.05) is 6.07 Å². The van der Waals surface area contributed by atoms with Crippen LogP contribution in [0.1, 0.15) is 74.5 Å². The van der Waals surface area contributed by atoms with Crippen molar-refractivity contribution < 1.29 is 4.79 Å². The molecular weight excluding hydrogens is 312 g/mol. The van der Waals surface area contributed by atoms with Gasteiger partial charge in [-0.05, 0) is 29.4 Å². The molecule has 5 heteroatoms. The zero-order valence-electron chi connectivity index (χ0n) is 15.8. The van der Waals surface area contributed by atoms with Crippen molar-refractivity contribution in [2.45, 2.75) is 52.9 Å². The molecule has 2 N–H and O–H groups in total. The quantitative estimate of drug-likeness (QED) is 0.760. The highest BCUT2D eigenvalue weighted by Gasteiger charge is 2.17. The van der Waals surface area contributed by atoms with Gasteiger partial charge in [0.1, 0.15) is 11.5 Å². The van der Waals surface area contributed by atoms with Crippen LogP contribution in [-0.4, -0.2) is 22.4 Å². The van der Waals surface area contributed by atoms with Crippen molar-refractivity contribution in [3.05, 3.63) is 47.4 Å². The van der Waals surface area contributed by atoms with Gasteiger partial charge >= 0.3 is 0 Å². The molecule has 1 aromatic heterocycles. The molecule has 0 spiro atoms. The molecule has 1 heterocycles. The van der Waals surface area contributed by atoms with Crippen molar-refractivity contribution in [2.75, 3.05) is 17.2 Å². The number of benzene rings is 1. The molecule has 0 saturated carbocycles. The summed E-state index contributed by atoms with van der Waals surface area (Å²) in [5.74, 6) is 1.09. The SMILES string of the molecule is CCCNc1cnc(C(=O)Nc2c(C(C)C)cccc2C(C)C)cn1. The van der Waals surface area contributed by atoms with E-state index in [1.165, 1.54) is 6.20 Å². The Morgan fingerprint density at radius 1 is 1.04 bits per heavy atom. The Morgan fingerprint density at radius 3 is 2.16 bits per heavy atom. The summed E-state index contributed by atoms with van der Waals surface area (Å²) >= 11 is 0. The number of amides is 1. The number of nitrogens with one attached hydrogen (secondary N) is 2. The van der Waals surface area contributed by atoms with Gasteiger partial charge in [-0.1, -0.05) is 52.8 Å². The fourth-order valence-electron chi connectivity index (χ4n) is 2.66. The lowest BCUT2D eigenvalue weighted by Gasteiger charge is -2.20. The van der Waals surface area contributed by atoms with Gasteiger partial charge in [-0.3, -0.25) is 4.79 Å². The van der Waals surface area contributed by atoms with Crippen molar-refractivity contribution in [3.8, 4) is 0 Å². The Labute approximate surface area is 150 Å². The van der Waals surface area contributed by atoms with Crippen LogP contribution in [0.4, 0.5) is 11.5 Å². The molecule has 0 saturated heterocycles. The van der Waals surface area contributed by atoms with E-state index in [4.69, 9.17) is 0 Å². The Morgan fingerprint density at radius 2 is 1.68 bits per heavy atom. The average molecular weight is 340 g/mol. The largest absolute Gasteiger partial charge is 0.369 e. The van der Waals surface area contributed by atoms with Crippen LogP contribution in [-0.2, 0) is 0 Å². The number of carbonyl (C=O) groups is 1. The number of hydrogen-bond donors (Lipinski definition) is 2. The van der Waals surface area contributed by atoms with Crippen molar-refractivity contribution in [3.63, 3.8) is 0 Å². The molecule has 0 radical (unpaired) electrons. The highest BCUT2D eigenvalue weighted by Crippen LogP contribution is 2.32. The maximum Gasteiger partial charge on any atom is 0.275 e. The van der Waals surface area contributed by atoms with Gasteiger partial charge in [0.25, 0.3) is 5.91 Å². The van der Waals surface area contributed by atoms with Crippen LogP contribution in [0.3, 0.4) is 0 Å². The summed E-state index contributed by atoms with van der Waals surface area (Å²) in [5, 5.41) is 6.21. The number of anilines is 2. The molecule has 0 aliphatic rings. The minimum Gasteiger partial charge on any atom is -0.369 e. The zero-order valence-corrected chi connectivity index (χ0v) is 15.8. The lowest BCUT2D eigenvalue weighted by molar-refractivity contribution is 0.102. The molecule has 1 amide bonds. The third-order valence-electron chi connectivity index (χ3n) is 4.05. The van der Waals surface area contributed by atoms with Gasteiger partial charge in [-0.2, -0.15) is 0 Å². The normalized spacial score (nSPS) is 11.0. The maximum absolute atomic E-state index is 12.7. The van der Waals surface area contributed by atoms with Gasteiger partial charge in [0.15, 0.2) is 0 Å². The highest BCUT2D eigenvalue weighted by molar-refractivity contribution is 6.03. The molecule has 5 nitrogen and oxygen atoms in total. The molecule has 0 fully saturated rings. The Kier molecular flexibility index (Phi) is 6.51. The van der Waals surface area contributed by atoms with Gasteiger partial charge in [0, 0.05) is 12.2 Å². The molecule has 0 bridgehead atoms. The van der Waals surface area contributed by atoms with Gasteiger partial charge in [0.2, 0.25) is 0 Å². The zero-order chi connectivity index (χ0) is 18.4. The number of rotatable bonds is 7. The van der Waals surface area contributed by atoms with Crippen molar-refractivity contribution in [1.29, 1.82) is 0 Å². The molecule has 0 aliphatic carbocycles. The van der Waals surface area contributed by atoms with Crippen LogP contribution in [0.15, 0.2) is 30.6 Å². The van der Waals surface area contributed by atoms with Gasteiger partial charge in [-0.15, -0.1) is 0 Å². The van der Waals surface area contributed by atoms with E-state index in [-0.39, 0.29) is 5.91 Å². The fourth-order valence-corrected chi connectivity index (χ4v) is 2.66. The van der Waals surface area contributed by atoms with E-state index in [0.29, 0.717) is 23.3 Å². The van der Waals surface area contributed by atoms with E-state index in [1.54, 1.807) is 6.20 Å². The van der Waals surface area contributed by atoms with Crippen molar-refractivity contribution in [2.24, 2.45) is 0 Å². The topological polar surface area (TPSA) is 66.9 Å². The van der Waals surface area contributed by atoms with Crippen LogP contribution in [0.25, 0.3) is 0 Å². The summed E-state index contributed by atoms with van der Waals surface area (Å²) in [6.07, 6.45) is 4.12. The van der Waals surface area contributed by atoms with Gasteiger partial charge in [-0.25, -0.2) is 9.97 Å². The van der Waals surface area contributed by atoms with E-state index in [2.05, 4.69) is 67.4 Å². The van der Waals surface area contributed by atoms with E-state index < -0.39 is 0 Å². The summed E-state index contributed by atoms with van der Waals surface area (Å²) in [7, 11) is 0. The second kappa shape index (κ2) is 8.60.